The van der Waals surface area contributed by atoms with Gasteiger partial charge in [0.15, 0.2) is 0 Å². The van der Waals surface area contributed by atoms with Crippen LogP contribution in [0.5, 0.6) is 0 Å². The van der Waals surface area contributed by atoms with Gasteiger partial charge in [-0.1, -0.05) is 28.1 Å². The number of hydrogen-bond donors (Lipinski definition) is 1. The van der Waals surface area contributed by atoms with Crippen LogP contribution in [0, 0.1) is 0 Å². The third kappa shape index (κ3) is 4.82. The van der Waals surface area contributed by atoms with Gasteiger partial charge in [0, 0.05) is 17.6 Å². The van der Waals surface area contributed by atoms with E-state index >= 15 is 0 Å². The summed E-state index contributed by atoms with van der Waals surface area (Å²) in [5, 5.41) is 2.76. The van der Waals surface area contributed by atoms with Gasteiger partial charge in [-0.05, 0) is 24.6 Å². The zero-order valence-corrected chi connectivity index (χ0v) is 13.6. The molecule has 1 heterocycles. The SMILES string of the molecule is C[C@H](NC(=O)Cc1ccc(Br)cc1)C(=O)N1CCOCC1. The summed E-state index contributed by atoms with van der Waals surface area (Å²) in [6, 6.07) is 7.05. The molecule has 1 aromatic rings. The van der Waals surface area contributed by atoms with Crippen molar-refractivity contribution in [1.82, 2.24) is 10.2 Å². The lowest BCUT2D eigenvalue weighted by molar-refractivity contribution is -0.139. The summed E-state index contributed by atoms with van der Waals surface area (Å²) >= 11 is 3.35. The van der Waals surface area contributed by atoms with Crippen LogP contribution in [0.1, 0.15) is 12.5 Å². The van der Waals surface area contributed by atoms with Crippen molar-refractivity contribution in [3.05, 3.63) is 34.3 Å². The minimum Gasteiger partial charge on any atom is -0.378 e. The molecule has 2 amide bonds. The summed E-state index contributed by atoms with van der Waals surface area (Å²) in [5.41, 5.74) is 0.918. The molecule has 0 unspecified atom stereocenters. The smallest absolute Gasteiger partial charge is 0.245 e. The first-order valence-corrected chi connectivity index (χ1v) is 7.76. The molecule has 0 bridgehead atoms. The van der Waals surface area contributed by atoms with Gasteiger partial charge in [-0.2, -0.15) is 0 Å². The number of morpholine rings is 1. The highest BCUT2D eigenvalue weighted by molar-refractivity contribution is 9.10. The van der Waals surface area contributed by atoms with Crippen molar-refractivity contribution in [3.63, 3.8) is 0 Å². The Morgan fingerprint density at radius 3 is 2.52 bits per heavy atom. The first-order chi connectivity index (χ1) is 10.1. The lowest BCUT2D eigenvalue weighted by atomic mass is 10.1. The van der Waals surface area contributed by atoms with Gasteiger partial charge in [0.1, 0.15) is 6.04 Å². The standard InChI is InChI=1S/C15H19BrN2O3/c1-11(15(20)18-6-8-21-9-7-18)17-14(19)10-12-2-4-13(16)5-3-12/h2-5,11H,6-10H2,1H3,(H,17,19)/t11-/m0/s1. The highest BCUT2D eigenvalue weighted by atomic mass is 79.9. The first-order valence-electron chi connectivity index (χ1n) is 6.96. The number of nitrogens with one attached hydrogen (secondary N) is 1. The molecule has 114 valence electrons. The van der Waals surface area contributed by atoms with Crippen LogP contribution in [0.15, 0.2) is 28.7 Å². The molecule has 1 aliphatic rings. The predicted octanol–water partition coefficient (Wildman–Crippen LogP) is 1.36. The maximum atomic E-state index is 12.2. The molecule has 5 nitrogen and oxygen atoms in total. The maximum Gasteiger partial charge on any atom is 0.245 e. The molecular formula is C15H19BrN2O3. The summed E-state index contributed by atoms with van der Waals surface area (Å²) in [6.07, 6.45) is 0.272. The molecule has 1 aliphatic heterocycles. The van der Waals surface area contributed by atoms with Crippen molar-refractivity contribution in [3.8, 4) is 0 Å². The van der Waals surface area contributed by atoms with E-state index in [-0.39, 0.29) is 18.2 Å². The van der Waals surface area contributed by atoms with E-state index in [1.165, 1.54) is 0 Å². The monoisotopic (exact) mass is 354 g/mol. The predicted molar refractivity (Wildman–Crippen MR) is 82.8 cm³/mol. The average molecular weight is 355 g/mol. The number of ether oxygens (including phenoxy) is 1. The van der Waals surface area contributed by atoms with E-state index in [0.717, 1.165) is 10.0 Å². The van der Waals surface area contributed by atoms with E-state index in [1.54, 1.807) is 11.8 Å². The van der Waals surface area contributed by atoms with Crippen molar-refractivity contribution < 1.29 is 14.3 Å². The van der Waals surface area contributed by atoms with Crippen LogP contribution >= 0.6 is 15.9 Å². The number of carbonyl (C=O) groups is 2. The van der Waals surface area contributed by atoms with Crippen LogP contribution < -0.4 is 5.32 Å². The fourth-order valence-electron chi connectivity index (χ4n) is 2.20. The molecule has 1 atom stereocenters. The van der Waals surface area contributed by atoms with E-state index < -0.39 is 6.04 Å². The minimum atomic E-state index is -0.508. The normalized spacial score (nSPS) is 16.4. The van der Waals surface area contributed by atoms with Gasteiger partial charge in [0.2, 0.25) is 11.8 Å². The van der Waals surface area contributed by atoms with Crippen LogP contribution in [-0.4, -0.2) is 49.1 Å². The van der Waals surface area contributed by atoms with Gasteiger partial charge in [0.05, 0.1) is 19.6 Å². The van der Waals surface area contributed by atoms with Crippen molar-refractivity contribution in [1.29, 1.82) is 0 Å². The molecule has 6 heteroatoms. The molecule has 21 heavy (non-hydrogen) atoms. The molecule has 0 spiro atoms. The second kappa shape index (κ2) is 7.56. The highest BCUT2D eigenvalue weighted by Gasteiger charge is 2.23. The van der Waals surface area contributed by atoms with E-state index in [2.05, 4.69) is 21.2 Å². The van der Waals surface area contributed by atoms with Crippen molar-refractivity contribution in [2.24, 2.45) is 0 Å². The zero-order chi connectivity index (χ0) is 15.2. The Balaban J connectivity index is 1.83. The zero-order valence-electron chi connectivity index (χ0n) is 12.0. The summed E-state index contributed by atoms with van der Waals surface area (Å²) in [4.78, 5) is 25.9. The average Bonchev–Trinajstić information content (AvgIpc) is 2.49. The Hall–Kier alpha value is -1.40. The highest BCUT2D eigenvalue weighted by Crippen LogP contribution is 2.11. The lowest BCUT2D eigenvalue weighted by Gasteiger charge is -2.29. The number of hydrogen-bond acceptors (Lipinski definition) is 3. The summed E-state index contributed by atoms with van der Waals surface area (Å²) in [6.45, 7) is 4.02. The molecule has 0 aromatic heterocycles. The fourth-order valence-corrected chi connectivity index (χ4v) is 2.46. The maximum absolute atomic E-state index is 12.2. The number of amides is 2. The van der Waals surface area contributed by atoms with Crippen LogP contribution in [-0.2, 0) is 20.7 Å². The Bertz CT molecular complexity index is 498. The molecule has 1 aromatic carbocycles. The van der Waals surface area contributed by atoms with Crippen molar-refractivity contribution in [2.45, 2.75) is 19.4 Å². The minimum absolute atomic E-state index is 0.0533. The van der Waals surface area contributed by atoms with E-state index in [1.807, 2.05) is 24.3 Å². The van der Waals surface area contributed by atoms with E-state index in [9.17, 15) is 9.59 Å². The van der Waals surface area contributed by atoms with E-state index in [4.69, 9.17) is 4.74 Å². The summed E-state index contributed by atoms with van der Waals surface area (Å²) < 4.78 is 6.19. The Morgan fingerprint density at radius 2 is 1.90 bits per heavy atom. The van der Waals surface area contributed by atoms with Crippen molar-refractivity contribution in [2.75, 3.05) is 26.3 Å². The van der Waals surface area contributed by atoms with Crippen LogP contribution in [0.4, 0.5) is 0 Å². The molecule has 1 N–H and O–H groups in total. The summed E-state index contributed by atoms with van der Waals surface area (Å²) in [5.74, 6) is -0.200. The van der Waals surface area contributed by atoms with Gasteiger partial charge in [-0.15, -0.1) is 0 Å². The molecule has 1 fully saturated rings. The molecule has 0 radical (unpaired) electrons. The van der Waals surface area contributed by atoms with Gasteiger partial charge in [-0.3, -0.25) is 9.59 Å². The molecule has 0 aliphatic carbocycles. The van der Waals surface area contributed by atoms with Crippen molar-refractivity contribution >= 4 is 27.7 Å². The second-order valence-electron chi connectivity index (χ2n) is 5.03. The molecule has 0 saturated carbocycles. The fraction of sp³-hybridized carbons (Fsp3) is 0.467. The van der Waals surface area contributed by atoms with Crippen LogP contribution in [0.2, 0.25) is 0 Å². The van der Waals surface area contributed by atoms with Crippen LogP contribution in [0.25, 0.3) is 0 Å². The number of rotatable bonds is 4. The Kier molecular flexibility index (Phi) is 5.76. The number of carbonyl (C=O) groups excluding carboxylic acids is 2. The lowest BCUT2D eigenvalue weighted by Crippen LogP contribution is -2.50. The number of halogens is 1. The summed E-state index contributed by atoms with van der Waals surface area (Å²) in [7, 11) is 0. The Labute approximate surface area is 132 Å². The molecular weight excluding hydrogens is 336 g/mol. The Morgan fingerprint density at radius 1 is 1.29 bits per heavy atom. The largest absolute Gasteiger partial charge is 0.378 e. The number of nitrogens with zero attached hydrogens (tertiary/aromatic N) is 1. The topological polar surface area (TPSA) is 58.6 Å². The van der Waals surface area contributed by atoms with E-state index in [0.29, 0.717) is 26.3 Å². The van der Waals surface area contributed by atoms with Gasteiger partial charge in [0.25, 0.3) is 0 Å². The van der Waals surface area contributed by atoms with Gasteiger partial charge >= 0.3 is 0 Å². The van der Waals surface area contributed by atoms with Gasteiger partial charge < -0.3 is 15.0 Å². The van der Waals surface area contributed by atoms with Crippen LogP contribution in [0.3, 0.4) is 0 Å². The molecule has 2 rings (SSSR count). The third-order valence-electron chi connectivity index (χ3n) is 3.35. The molecule has 1 saturated heterocycles. The second-order valence-corrected chi connectivity index (χ2v) is 5.95. The third-order valence-corrected chi connectivity index (χ3v) is 3.88. The number of benzene rings is 1. The quantitative estimate of drug-likeness (QED) is 0.887. The van der Waals surface area contributed by atoms with Gasteiger partial charge in [-0.25, -0.2) is 0 Å². The first kappa shape index (κ1) is 16.0.